The summed E-state index contributed by atoms with van der Waals surface area (Å²) < 4.78 is 0. The van der Waals surface area contributed by atoms with Gasteiger partial charge in [-0.25, -0.2) is 9.97 Å². The Balaban J connectivity index is 2.42. The van der Waals surface area contributed by atoms with Crippen LogP contribution in [0.3, 0.4) is 0 Å². The minimum atomic E-state index is -0.203. The van der Waals surface area contributed by atoms with E-state index in [9.17, 15) is 4.79 Å². The van der Waals surface area contributed by atoms with Crippen LogP contribution in [0.15, 0.2) is 6.20 Å². The number of anilines is 1. The second kappa shape index (κ2) is 6.00. The molecule has 0 unspecified atom stereocenters. The van der Waals surface area contributed by atoms with E-state index in [2.05, 4.69) is 20.6 Å². The van der Waals surface area contributed by atoms with Crippen LogP contribution in [-0.4, -0.2) is 28.0 Å². The van der Waals surface area contributed by atoms with Crippen molar-refractivity contribution in [3.8, 4) is 0 Å². The highest BCUT2D eigenvalue weighted by Gasteiger charge is 2.13. The van der Waals surface area contributed by atoms with Crippen LogP contribution < -0.4 is 10.6 Å². The van der Waals surface area contributed by atoms with Gasteiger partial charge in [-0.15, -0.1) is 0 Å². The lowest BCUT2D eigenvalue weighted by atomic mass is 10.1. The number of aromatic nitrogens is 2. The molecule has 0 aliphatic rings. The first-order chi connectivity index (χ1) is 8.28. The fraction of sp³-hybridized carbons (Fsp3) is 0.583. The molecule has 0 radical (unpaired) electrons. The first-order valence-electron chi connectivity index (χ1n) is 5.82. The minimum Gasteiger partial charge on any atom is -0.369 e. The third-order valence-electron chi connectivity index (χ3n) is 2.10. The van der Waals surface area contributed by atoms with Gasteiger partial charge in [-0.3, -0.25) is 4.79 Å². The number of hydrogen-bond acceptors (Lipinski definition) is 4. The maximum absolute atomic E-state index is 11.6. The number of nitrogens with one attached hydrogen (secondary N) is 2. The molecule has 5 nitrogen and oxygen atoms in total. The van der Waals surface area contributed by atoms with Crippen molar-refractivity contribution in [1.82, 2.24) is 15.3 Å². The van der Waals surface area contributed by atoms with Gasteiger partial charge >= 0.3 is 0 Å². The van der Waals surface area contributed by atoms with Gasteiger partial charge in [-0.2, -0.15) is 0 Å². The molecule has 1 aromatic rings. The smallest absolute Gasteiger partial charge is 0.224 e. The van der Waals surface area contributed by atoms with Crippen molar-refractivity contribution in [3.05, 3.63) is 17.0 Å². The summed E-state index contributed by atoms with van der Waals surface area (Å²) >= 11 is 5.70. The first-order valence-corrected chi connectivity index (χ1v) is 6.20. The van der Waals surface area contributed by atoms with Gasteiger partial charge in [0.15, 0.2) is 0 Å². The highest BCUT2D eigenvalue weighted by molar-refractivity contribution is 6.28. The van der Waals surface area contributed by atoms with Gasteiger partial charge in [0.05, 0.1) is 0 Å². The highest BCUT2D eigenvalue weighted by atomic mass is 35.5. The fourth-order valence-electron chi connectivity index (χ4n) is 1.37. The maximum Gasteiger partial charge on any atom is 0.224 e. The van der Waals surface area contributed by atoms with Crippen LogP contribution in [0.5, 0.6) is 0 Å². The molecule has 0 aromatic carbocycles. The van der Waals surface area contributed by atoms with Gasteiger partial charge in [0.1, 0.15) is 5.82 Å². The predicted octanol–water partition coefficient (Wildman–Crippen LogP) is 2.16. The van der Waals surface area contributed by atoms with Crippen LogP contribution in [0.4, 0.5) is 5.82 Å². The number of amides is 1. The third kappa shape index (κ3) is 5.31. The number of nitrogens with zero attached hydrogens (tertiary/aromatic N) is 2. The topological polar surface area (TPSA) is 66.9 Å². The predicted molar refractivity (Wildman–Crippen MR) is 72.8 cm³/mol. The summed E-state index contributed by atoms with van der Waals surface area (Å²) in [5.74, 6) is 0.673. The summed E-state index contributed by atoms with van der Waals surface area (Å²) in [5, 5.41) is 6.16. The van der Waals surface area contributed by atoms with E-state index in [1.807, 2.05) is 27.7 Å². The molecule has 6 heteroatoms. The molecule has 0 spiro atoms. The molecule has 0 bridgehead atoms. The van der Waals surface area contributed by atoms with Crippen LogP contribution in [0.2, 0.25) is 5.28 Å². The van der Waals surface area contributed by atoms with E-state index in [4.69, 9.17) is 11.6 Å². The molecule has 100 valence electrons. The summed E-state index contributed by atoms with van der Waals surface area (Å²) in [6, 6.07) is 0. The minimum absolute atomic E-state index is 0.00723. The highest BCUT2D eigenvalue weighted by Crippen LogP contribution is 2.12. The molecular formula is C12H19ClN4O. The van der Waals surface area contributed by atoms with E-state index in [-0.39, 0.29) is 16.7 Å². The average molecular weight is 271 g/mol. The van der Waals surface area contributed by atoms with Crippen LogP contribution in [0, 0.1) is 6.92 Å². The van der Waals surface area contributed by atoms with Gasteiger partial charge in [0, 0.05) is 30.3 Å². The molecule has 0 saturated heterocycles. The number of carbonyl (C=O) groups is 1. The van der Waals surface area contributed by atoms with Gasteiger partial charge in [-0.1, -0.05) is 0 Å². The SMILES string of the molecule is Cc1cnc(Cl)nc1NCCC(=O)NC(C)(C)C. The van der Waals surface area contributed by atoms with E-state index in [1.54, 1.807) is 6.20 Å². The Hall–Kier alpha value is -1.36. The van der Waals surface area contributed by atoms with Crippen molar-refractivity contribution in [2.24, 2.45) is 0 Å². The van der Waals surface area contributed by atoms with E-state index in [1.165, 1.54) is 0 Å². The van der Waals surface area contributed by atoms with Crippen LogP contribution >= 0.6 is 11.6 Å². The van der Waals surface area contributed by atoms with Crippen LogP contribution in [0.1, 0.15) is 32.8 Å². The zero-order valence-electron chi connectivity index (χ0n) is 11.2. The van der Waals surface area contributed by atoms with Crippen molar-refractivity contribution in [2.75, 3.05) is 11.9 Å². The molecule has 1 rings (SSSR count). The van der Waals surface area contributed by atoms with Crippen molar-refractivity contribution >= 4 is 23.3 Å². The Morgan fingerprint density at radius 1 is 1.44 bits per heavy atom. The Labute approximate surface area is 112 Å². The lowest BCUT2D eigenvalue weighted by molar-refractivity contribution is -0.122. The molecule has 1 aromatic heterocycles. The molecule has 18 heavy (non-hydrogen) atoms. The normalized spacial score (nSPS) is 11.2. The summed E-state index contributed by atoms with van der Waals surface area (Å²) in [6.45, 7) is 8.25. The second-order valence-corrected chi connectivity index (χ2v) is 5.48. The monoisotopic (exact) mass is 270 g/mol. The lowest BCUT2D eigenvalue weighted by Crippen LogP contribution is -2.41. The number of rotatable bonds is 4. The van der Waals surface area contributed by atoms with Gasteiger partial charge in [-0.05, 0) is 39.3 Å². The largest absolute Gasteiger partial charge is 0.369 e. The van der Waals surface area contributed by atoms with Gasteiger partial charge in [0.2, 0.25) is 11.2 Å². The van der Waals surface area contributed by atoms with Gasteiger partial charge < -0.3 is 10.6 Å². The maximum atomic E-state index is 11.6. The Bertz CT molecular complexity index is 429. The molecule has 1 heterocycles. The average Bonchev–Trinajstić information content (AvgIpc) is 2.20. The first kappa shape index (κ1) is 14.7. The van der Waals surface area contributed by atoms with Crippen LogP contribution in [-0.2, 0) is 4.79 Å². The van der Waals surface area contributed by atoms with Crippen molar-refractivity contribution < 1.29 is 4.79 Å². The van der Waals surface area contributed by atoms with E-state index < -0.39 is 0 Å². The second-order valence-electron chi connectivity index (χ2n) is 5.15. The number of aryl methyl sites for hydroxylation is 1. The number of carbonyl (C=O) groups excluding carboxylic acids is 1. The quantitative estimate of drug-likeness (QED) is 0.823. The number of hydrogen-bond donors (Lipinski definition) is 2. The number of halogens is 1. The zero-order valence-corrected chi connectivity index (χ0v) is 11.9. The Morgan fingerprint density at radius 3 is 2.72 bits per heavy atom. The van der Waals surface area contributed by atoms with Gasteiger partial charge in [0.25, 0.3) is 0 Å². The Morgan fingerprint density at radius 2 is 2.11 bits per heavy atom. The molecule has 0 aliphatic carbocycles. The molecule has 2 N–H and O–H groups in total. The zero-order chi connectivity index (χ0) is 13.8. The van der Waals surface area contributed by atoms with Crippen LogP contribution in [0.25, 0.3) is 0 Å². The molecule has 0 aliphatic heterocycles. The molecule has 0 saturated carbocycles. The van der Waals surface area contributed by atoms with E-state index in [0.29, 0.717) is 18.8 Å². The van der Waals surface area contributed by atoms with Crippen molar-refractivity contribution in [3.63, 3.8) is 0 Å². The Kier molecular flexibility index (Phi) is 4.90. The van der Waals surface area contributed by atoms with Crippen molar-refractivity contribution in [1.29, 1.82) is 0 Å². The summed E-state index contributed by atoms with van der Waals surface area (Å²) in [6.07, 6.45) is 2.03. The summed E-state index contributed by atoms with van der Waals surface area (Å²) in [7, 11) is 0. The standard InChI is InChI=1S/C12H19ClN4O/c1-8-7-15-11(13)16-10(8)14-6-5-9(18)17-12(2,3)4/h7H,5-6H2,1-4H3,(H,17,18)(H,14,15,16). The lowest BCUT2D eigenvalue weighted by Gasteiger charge is -2.20. The summed E-state index contributed by atoms with van der Waals surface area (Å²) in [5.41, 5.74) is 0.696. The molecular weight excluding hydrogens is 252 g/mol. The van der Waals surface area contributed by atoms with E-state index in [0.717, 1.165) is 5.56 Å². The summed E-state index contributed by atoms with van der Waals surface area (Å²) in [4.78, 5) is 19.5. The fourth-order valence-corrected chi connectivity index (χ4v) is 1.51. The molecule has 1 amide bonds. The third-order valence-corrected chi connectivity index (χ3v) is 2.28. The van der Waals surface area contributed by atoms with Crippen molar-refractivity contribution in [2.45, 2.75) is 39.7 Å². The van der Waals surface area contributed by atoms with E-state index >= 15 is 0 Å². The molecule has 0 fully saturated rings. The molecule has 0 atom stereocenters.